The van der Waals surface area contributed by atoms with Crippen LogP contribution in [0.15, 0.2) is 51.7 Å². The molecule has 0 spiro atoms. The number of anilines is 1. The summed E-state index contributed by atoms with van der Waals surface area (Å²) in [5.41, 5.74) is -1.47. The highest BCUT2D eigenvalue weighted by atomic mass is 35.5. The molecule has 13 heteroatoms. The molecule has 2 aromatic carbocycles. The number of esters is 1. The van der Waals surface area contributed by atoms with Gasteiger partial charge in [-0.05, 0) is 42.5 Å². The lowest BCUT2D eigenvalue weighted by Crippen LogP contribution is -2.27. The molecule has 3 rings (SSSR count). The molecule has 168 valence electrons. The summed E-state index contributed by atoms with van der Waals surface area (Å²) in [5.74, 6) is -3.83. The Kier molecular flexibility index (Phi) is 6.63. The average Bonchev–Trinajstić information content (AvgIpc) is 3.08. The third-order valence-electron chi connectivity index (χ3n) is 3.90. The molecule has 1 N–H and O–H groups in total. The Morgan fingerprint density at radius 3 is 2.50 bits per heavy atom. The first-order chi connectivity index (χ1) is 15.0. The summed E-state index contributed by atoms with van der Waals surface area (Å²) in [6.07, 6.45) is -4.78. The van der Waals surface area contributed by atoms with Crippen molar-refractivity contribution in [3.63, 3.8) is 0 Å². The number of ether oxygens (including phenoxy) is 1. The Morgan fingerprint density at radius 1 is 1.16 bits per heavy atom. The van der Waals surface area contributed by atoms with Crippen LogP contribution in [0.2, 0.25) is 5.02 Å². The van der Waals surface area contributed by atoms with Crippen LogP contribution in [0.3, 0.4) is 0 Å². The van der Waals surface area contributed by atoms with Crippen molar-refractivity contribution in [3.8, 4) is 11.5 Å². The van der Waals surface area contributed by atoms with E-state index in [1.807, 2.05) is 5.32 Å². The molecule has 8 nitrogen and oxygen atoms in total. The van der Waals surface area contributed by atoms with Crippen molar-refractivity contribution < 1.29 is 36.3 Å². The molecule has 1 amide bonds. The standard InChI is InChI=1S/C19H12ClF4N3O5/c20-11-3-6-14(13(7-11)19(22,23)24)25-15(28)9-31-16(29)8-27-18(30)32-17(26-27)10-1-4-12(21)5-2-10/h1-7H,8-9H2,(H,25,28). The van der Waals surface area contributed by atoms with Gasteiger partial charge in [-0.1, -0.05) is 11.6 Å². The number of carbonyl (C=O) groups excluding carboxylic acids is 2. The summed E-state index contributed by atoms with van der Waals surface area (Å²) in [4.78, 5) is 35.6. The van der Waals surface area contributed by atoms with Crippen LogP contribution >= 0.6 is 11.6 Å². The van der Waals surface area contributed by atoms with E-state index in [0.29, 0.717) is 10.7 Å². The minimum absolute atomic E-state index is 0.178. The van der Waals surface area contributed by atoms with Crippen molar-refractivity contribution in [2.75, 3.05) is 11.9 Å². The number of aromatic nitrogens is 2. The SMILES string of the molecule is O=C(COC(=O)Cn1nc(-c2ccc(F)cc2)oc1=O)Nc1ccc(Cl)cc1C(F)(F)F. The van der Waals surface area contributed by atoms with Gasteiger partial charge in [-0.25, -0.2) is 9.18 Å². The summed E-state index contributed by atoms with van der Waals surface area (Å²) in [5, 5.41) is 5.56. The Bertz CT molecular complexity index is 1200. The van der Waals surface area contributed by atoms with Gasteiger partial charge in [0, 0.05) is 10.6 Å². The average molecular weight is 474 g/mol. The zero-order valence-corrected chi connectivity index (χ0v) is 16.5. The molecule has 32 heavy (non-hydrogen) atoms. The van der Waals surface area contributed by atoms with E-state index in [9.17, 15) is 31.9 Å². The topological polar surface area (TPSA) is 103 Å². The van der Waals surface area contributed by atoms with E-state index in [1.54, 1.807) is 0 Å². The summed E-state index contributed by atoms with van der Waals surface area (Å²) in [6, 6.07) is 7.58. The Hall–Kier alpha value is -3.67. The van der Waals surface area contributed by atoms with Gasteiger partial charge >= 0.3 is 17.9 Å². The molecule has 0 fully saturated rings. The monoisotopic (exact) mass is 473 g/mol. The predicted molar refractivity (Wildman–Crippen MR) is 102 cm³/mol. The van der Waals surface area contributed by atoms with Crippen LogP contribution in [0, 0.1) is 5.82 Å². The molecular formula is C19H12ClF4N3O5. The summed E-state index contributed by atoms with van der Waals surface area (Å²) >= 11 is 5.56. The fourth-order valence-corrected chi connectivity index (χ4v) is 2.65. The number of benzene rings is 2. The quantitative estimate of drug-likeness (QED) is 0.434. The summed E-state index contributed by atoms with van der Waals surface area (Å²) in [7, 11) is 0. The number of halogens is 5. The minimum atomic E-state index is -4.78. The lowest BCUT2D eigenvalue weighted by molar-refractivity contribution is -0.148. The summed E-state index contributed by atoms with van der Waals surface area (Å²) < 4.78 is 62.3. The maximum Gasteiger partial charge on any atom is 0.437 e. The van der Waals surface area contributed by atoms with Gasteiger partial charge in [0.1, 0.15) is 12.4 Å². The second-order valence-electron chi connectivity index (χ2n) is 6.23. The first-order valence-electron chi connectivity index (χ1n) is 8.69. The number of alkyl halides is 3. The van der Waals surface area contributed by atoms with Gasteiger partial charge in [0.25, 0.3) is 5.91 Å². The molecule has 0 saturated carbocycles. The normalized spacial score (nSPS) is 11.3. The lowest BCUT2D eigenvalue weighted by Gasteiger charge is -2.14. The molecule has 3 aromatic rings. The largest absolute Gasteiger partial charge is 0.454 e. The van der Waals surface area contributed by atoms with Crippen LogP contribution in [-0.2, 0) is 27.0 Å². The maximum absolute atomic E-state index is 13.1. The predicted octanol–water partition coefficient (Wildman–Crippen LogP) is 3.50. The van der Waals surface area contributed by atoms with Crippen LogP contribution in [-0.4, -0.2) is 28.3 Å². The lowest BCUT2D eigenvalue weighted by atomic mass is 10.1. The van der Waals surface area contributed by atoms with E-state index >= 15 is 0 Å². The molecule has 1 aromatic heterocycles. The van der Waals surface area contributed by atoms with Gasteiger partial charge in [0.05, 0.1) is 11.3 Å². The van der Waals surface area contributed by atoms with Gasteiger partial charge in [-0.15, -0.1) is 5.10 Å². The molecule has 0 aliphatic carbocycles. The molecule has 0 aliphatic heterocycles. The maximum atomic E-state index is 13.1. The highest BCUT2D eigenvalue weighted by molar-refractivity contribution is 6.30. The van der Waals surface area contributed by atoms with E-state index in [1.165, 1.54) is 12.1 Å². The Balaban J connectivity index is 1.60. The van der Waals surface area contributed by atoms with Crippen molar-refractivity contribution in [3.05, 3.63) is 69.4 Å². The Labute approximate surface area is 181 Å². The zero-order chi connectivity index (χ0) is 23.5. The number of carbonyl (C=O) groups is 2. The fraction of sp³-hybridized carbons (Fsp3) is 0.158. The van der Waals surface area contributed by atoms with Crippen molar-refractivity contribution in [2.24, 2.45) is 0 Å². The fourth-order valence-electron chi connectivity index (χ4n) is 2.48. The van der Waals surface area contributed by atoms with Crippen molar-refractivity contribution >= 4 is 29.2 Å². The van der Waals surface area contributed by atoms with Gasteiger partial charge < -0.3 is 14.5 Å². The molecule has 0 atom stereocenters. The number of nitrogens with zero attached hydrogens (tertiary/aromatic N) is 2. The second-order valence-corrected chi connectivity index (χ2v) is 6.67. The van der Waals surface area contributed by atoms with E-state index in [2.05, 4.69) is 9.84 Å². The molecule has 0 bridgehead atoms. The van der Waals surface area contributed by atoms with Crippen LogP contribution in [0.25, 0.3) is 11.5 Å². The van der Waals surface area contributed by atoms with Gasteiger partial charge in [0.2, 0.25) is 5.89 Å². The van der Waals surface area contributed by atoms with Crippen LogP contribution < -0.4 is 11.1 Å². The van der Waals surface area contributed by atoms with Crippen molar-refractivity contribution in [2.45, 2.75) is 12.7 Å². The highest BCUT2D eigenvalue weighted by Crippen LogP contribution is 2.36. The molecule has 1 heterocycles. The third-order valence-corrected chi connectivity index (χ3v) is 4.14. The van der Waals surface area contributed by atoms with E-state index in [4.69, 9.17) is 16.0 Å². The smallest absolute Gasteiger partial charge is 0.437 e. The molecule has 0 saturated heterocycles. The van der Waals surface area contributed by atoms with E-state index < -0.39 is 54.0 Å². The zero-order valence-electron chi connectivity index (χ0n) is 15.8. The van der Waals surface area contributed by atoms with Gasteiger partial charge in [0.15, 0.2) is 6.61 Å². The van der Waals surface area contributed by atoms with E-state index in [0.717, 1.165) is 24.3 Å². The molecule has 0 unspecified atom stereocenters. The minimum Gasteiger partial charge on any atom is -0.454 e. The number of hydrogen-bond acceptors (Lipinski definition) is 6. The Morgan fingerprint density at radius 2 is 1.84 bits per heavy atom. The molecule has 0 aliphatic rings. The second kappa shape index (κ2) is 9.22. The van der Waals surface area contributed by atoms with Crippen LogP contribution in [0.4, 0.5) is 23.2 Å². The summed E-state index contributed by atoms with van der Waals surface area (Å²) in [6.45, 7) is -1.65. The number of rotatable bonds is 6. The first-order valence-corrected chi connectivity index (χ1v) is 9.07. The third kappa shape index (κ3) is 5.72. The van der Waals surface area contributed by atoms with Crippen molar-refractivity contribution in [1.29, 1.82) is 0 Å². The van der Waals surface area contributed by atoms with Crippen LogP contribution in [0.1, 0.15) is 5.56 Å². The first kappa shape index (κ1) is 23.0. The van der Waals surface area contributed by atoms with Gasteiger partial charge in [-0.2, -0.15) is 17.9 Å². The molecular weight excluding hydrogens is 462 g/mol. The van der Waals surface area contributed by atoms with Crippen molar-refractivity contribution in [1.82, 2.24) is 9.78 Å². The highest BCUT2D eigenvalue weighted by Gasteiger charge is 2.34. The van der Waals surface area contributed by atoms with E-state index in [-0.39, 0.29) is 16.5 Å². The number of amides is 1. The van der Waals surface area contributed by atoms with Crippen LogP contribution in [0.5, 0.6) is 0 Å². The molecule has 0 radical (unpaired) electrons. The number of nitrogens with one attached hydrogen (secondary N) is 1. The number of hydrogen-bond donors (Lipinski definition) is 1. The van der Waals surface area contributed by atoms with Gasteiger partial charge in [-0.3, -0.25) is 9.59 Å².